The molecule has 2 aliphatic heterocycles. The standard InChI is InChI=1S/C15H20N2O2/c1-10-7-11-13(18)9-15(3-5-17-6-4-15)19-14(11)12(8-10)16-2/h7-8,16-17H,3-6,9H2,1-2H3. The second-order valence-electron chi connectivity index (χ2n) is 5.57. The van der Waals surface area contributed by atoms with Crippen molar-refractivity contribution in [1.82, 2.24) is 5.32 Å². The number of carbonyl (C=O) groups is 1. The van der Waals surface area contributed by atoms with Gasteiger partial charge in [0.15, 0.2) is 11.5 Å². The van der Waals surface area contributed by atoms with Gasteiger partial charge in [-0.3, -0.25) is 4.79 Å². The first kappa shape index (κ1) is 12.5. The fraction of sp³-hybridized carbons (Fsp3) is 0.533. The summed E-state index contributed by atoms with van der Waals surface area (Å²) in [4.78, 5) is 12.5. The molecule has 1 aromatic rings. The van der Waals surface area contributed by atoms with Gasteiger partial charge in [-0.15, -0.1) is 0 Å². The Morgan fingerprint density at radius 3 is 2.74 bits per heavy atom. The van der Waals surface area contributed by atoms with Crippen LogP contribution in [0.5, 0.6) is 5.75 Å². The van der Waals surface area contributed by atoms with Crippen molar-refractivity contribution in [3.05, 3.63) is 23.3 Å². The van der Waals surface area contributed by atoms with Gasteiger partial charge in [0.05, 0.1) is 17.7 Å². The van der Waals surface area contributed by atoms with Gasteiger partial charge in [-0.1, -0.05) is 0 Å². The number of rotatable bonds is 1. The first-order chi connectivity index (χ1) is 9.13. The molecule has 0 aromatic heterocycles. The molecule has 0 atom stereocenters. The van der Waals surface area contributed by atoms with Crippen LogP contribution >= 0.6 is 0 Å². The number of carbonyl (C=O) groups excluding carboxylic acids is 1. The lowest BCUT2D eigenvalue weighted by Gasteiger charge is -2.41. The second kappa shape index (κ2) is 4.53. The zero-order chi connectivity index (χ0) is 13.5. The highest BCUT2D eigenvalue weighted by molar-refractivity contribution is 6.02. The SMILES string of the molecule is CNc1cc(C)cc2c1OC1(CCNCC1)CC2=O. The summed E-state index contributed by atoms with van der Waals surface area (Å²) in [5.41, 5.74) is 2.44. The molecule has 2 heterocycles. The second-order valence-corrected chi connectivity index (χ2v) is 5.57. The van der Waals surface area contributed by atoms with Crippen LogP contribution in [0.15, 0.2) is 12.1 Å². The highest BCUT2D eigenvalue weighted by atomic mass is 16.5. The highest BCUT2D eigenvalue weighted by Gasteiger charge is 2.42. The first-order valence-corrected chi connectivity index (χ1v) is 6.89. The maximum Gasteiger partial charge on any atom is 0.170 e. The molecule has 2 N–H and O–H groups in total. The fourth-order valence-electron chi connectivity index (χ4n) is 3.08. The van der Waals surface area contributed by atoms with E-state index in [1.807, 2.05) is 26.1 Å². The number of Topliss-reactive ketones (excluding diaryl/α,β-unsaturated/α-hetero) is 1. The molecule has 102 valence electrons. The van der Waals surface area contributed by atoms with E-state index < -0.39 is 0 Å². The van der Waals surface area contributed by atoms with Crippen LogP contribution in [0, 0.1) is 6.92 Å². The summed E-state index contributed by atoms with van der Waals surface area (Å²) in [6.07, 6.45) is 2.30. The minimum absolute atomic E-state index is 0.211. The van der Waals surface area contributed by atoms with Gasteiger partial charge >= 0.3 is 0 Å². The number of ketones is 1. The lowest BCUT2D eigenvalue weighted by molar-refractivity contribution is 0.0193. The van der Waals surface area contributed by atoms with Gasteiger partial charge in [-0.2, -0.15) is 0 Å². The van der Waals surface area contributed by atoms with Crippen LogP contribution in [-0.4, -0.2) is 31.5 Å². The zero-order valence-electron chi connectivity index (χ0n) is 11.5. The van der Waals surface area contributed by atoms with E-state index in [-0.39, 0.29) is 11.4 Å². The first-order valence-electron chi connectivity index (χ1n) is 6.89. The minimum Gasteiger partial charge on any atom is -0.484 e. The average Bonchev–Trinajstić information content (AvgIpc) is 2.40. The minimum atomic E-state index is -0.295. The Kier molecular flexibility index (Phi) is 2.97. The van der Waals surface area contributed by atoms with Crippen molar-refractivity contribution in [3.8, 4) is 5.75 Å². The molecule has 0 unspecified atom stereocenters. The Labute approximate surface area is 113 Å². The van der Waals surface area contributed by atoms with Crippen LogP contribution in [0.4, 0.5) is 5.69 Å². The quantitative estimate of drug-likeness (QED) is 0.812. The summed E-state index contributed by atoms with van der Waals surface area (Å²) in [6, 6.07) is 3.97. The van der Waals surface area contributed by atoms with Gasteiger partial charge in [0.2, 0.25) is 0 Å². The summed E-state index contributed by atoms with van der Waals surface area (Å²) >= 11 is 0. The topological polar surface area (TPSA) is 50.4 Å². The number of hydrogen-bond acceptors (Lipinski definition) is 4. The summed E-state index contributed by atoms with van der Waals surface area (Å²) in [5.74, 6) is 0.953. The van der Waals surface area contributed by atoms with Gasteiger partial charge in [0, 0.05) is 19.9 Å². The van der Waals surface area contributed by atoms with Gasteiger partial charge in [0.1, 0.15) is 5.60 Å². The number of aryl methyl sites for hydroxylation is 1. The maximum absolute atomic E-state index is 12.5. The number of ether oxygens (including phenoxy) is 1. The molecule has 0 amide bonds. The number of nitrogens with one attached hydrogen (secondary N) is 2. The molecule has 1 fully saturated rings. The highest BCUT2D eigenvalue weighted by Crippen LogP contribution is 2.42. The summed E-state index contributed by atoms with van der Waals surface area (Å²) < 4.78 is 6.28. The van der Waals surface area contributed by atoms with Crippen molar-refractivity contribution in [1.29, 1.82) is 0 Å². The monoisotopic (exact) mass is 260 g/mol. The van der Waals surface area contributed by atoms with Crippen molar-refractivity contribution in [2.75, 3.05) is 25.5 Å². The molecule has 0 aliphatic carbocycles. The zero-order valence-corrected chi connectivity index (χ0v) is 11.5. The van der Waals surface area contributed by atoms with Crippen LogP contribution in [-0.2, 0) is 0 Å². The van der Waals surface area contributed by atoms with Crippen molar-refractivity contribution in [2.24, 2.45) is 0 Å². The van der Waals surface area contributed by atoms with Crippen LogP contribution in [0.3, 0.4) is 0 Å². The molecule has 1 aromatic carbocycles. The Hall–Kier alpha value is -1.55. The molecule has 0 bridgehead atoms. The van der Waals surface area contributed by atoms with E-state index in [0.717, 1.165) is 48.5 Å². The van der Waals surface area contributed by atoms with Gasteiger partial charge in [-0.05, 0) is 37.7 Å². The van der Waals surface area contributed by atoms with E-state index in [4.69, 9.17) is 4.74 Å². The number of fused-ring (bicyclic) bond motifs is 1. The van der Waals surface area contributed by atoms with Crippen LogP contribution in [0.1, 0.15) is 35.2 Å². The van der Waals surface area contributed by atoms with Crippen molar-refractivity contribution in [2.45, 2.75) is 31.8 Å². The Balaban J connectivity index is 2.05. The van der Waals surface area contributed by atoms with E-state index in [0.29, 0.717) is 6.42 Å². The van der Waals surface area contributed by atoms with Crippen molar-refractivity contribution < 1.29 is 9.53 Å². The summed E-state index contributed by atoms with van der Waals surface area (Å²) in [5, 5.41) is 6.47. The predicted molar refractivity (Wildman–Crippen MR) is 75.1 cm³/mol. The Morgan fingerprint density at radius 2 is 2.05 bits per heavy atom. The van der Waals surface area contributed by atoms with Crippen molar-refractivity contribution in [3.63, 3.8) is 0 Å². The van der Waals surface area contributed by atoms with Gasteiger partial charge < -0.3 is 15.4 Å². The normalized spacial score (nSPS) is 20.8. The largest absolute Gasteiger partial charge is 0.484 e. The third kappa shape index (κ3) is 2.10. The molecular formula is C15H20N2O2. The third-order valence-electron chi connectivity index (χ3n) is 4.12. The van der Waals surface area contributed by atoms with Crippen LogP contribution in [0.2, 0.25) is 0 Å². The number of benzene rings is 1. The Bertz CT molecular complexity index is 519. The lowest BCUT2D eigenvalue weighted by Crippen LogP contribution is -2.49. The number of hydrogen-bond donors (Lipinski definition) is 2. The van der Waals surface area contributed by atoms with E-state index in [9.17, 15) is 4.79 Å². The Morgan fingerprint density at radius 1 is 1.32 bits per heavy atom. The smallest absolute Gasteiger partial charge is 0.170 e. The lowest BCUT2D eigenvalue weighted by atomic mass is 9.82. The fourth-order valence-corrected chi connectivity index (χ4v) is 3.08. The van der Waals surface area contributed by atoms with Crippen LogP contribution in [0.25, 0.3) is 0 Å². The number of piperidine rings is 1. The molecule has 4 heteroatoms. The predicted octanol–water partition coefficient (Wildman–Crippen LogP) is 2.12. The van der Waals surface area contributed by atoms with E-state index in [2.05, 4.69) is 10.6 Å². The molecule has 1 spiro atoms. The molecule has 19 heavy (non-hydrogen) atoms. The van der Waals surface area contributed by atoms with E-state index in [1.54, 1.807) is 0 Å². The average molecular weight is 260 g/mol. The van der Waals surface area contributed by atoms with E-state index >= 15 is 0 Å². The molecule has 4 nitrogen and oxygen atoms in total. The molecular weight excluding hydrogens is 240 g/mol. The van der Waals surface area contributed by atoms with E-state index in [1.165, 1.54) is 0 Å². The molecule has 0 radical (unpaired) electrons. The number of anilines is 1. The molecule has 0 saturated carbocycles. The summed E-state index contributed by atoms with van der Waals surface area (Å²) in [6.45, 7) is 3.84. The van der Waals surface area contributed by atoms with Gasteiger partial charge in [0.25, 0.3) is 0 Å². The summed E-state index contributed by atoms with van der Waals surface area (Å²) in [7, 11) is 1.87. The van der Waals surface area contributed by atoms with Crippen molar-refractivity contribution >= 4 is 11.5 Å². The third-order valence-corrected chi connectivity index (χ3v) is 4.12. The van der Waals surface area contributed by atoms with Gasteiger partial charge in [-0.25, -0.2) is 0 Å². The molecule has 3 rings (SSSR count). The molecule has 1 saturated heterocycles. The maximum atomic E-state index is 12.5. The molecule has 2 aliphatic rings. The van der Waals surface area contributed by atoms with Crippen LogP contribution < -0.4 is 15.4 Å².